The number of ether oxygens (including phenoxy) is 2. The molecule has 0 aromatic carbocycles. The summed E-state index contributed by atoms with van der Waals surface area (Å²) in [4.78, 5) is 50.9. The monoisotopic (exact) mass is 420 g/mol. The molecule has 0 radical (unpaired) electrons. The van der Waals surface area contributed by atoms with Gasteiger partial charge < -0.3 is 19.7 Å². The average molecular weight is 420 g/mol. The van der Waals surface area contributed by atoms with E-state index in [0.29, 0.717) is 12.8 Å². The molecule has 1 saturated heterocycles. The predicted octanol–water partition coefficient (Wildman–Crippen LogP) is 1.49. The molecule has 8 nitrogen and oxygen atoms in total. The van der Waals surface area contributed by atoms with E-state index in [0.717, 1.165) is 0 Å². The number of aliphatic hydroxyl groups excluding tert-OH is 1. The fraction of sp³-hybridized carbons (Fsp3) is 0.727. The Labute approximate surface area is 174 Å². The number of carbonyl (C=O) groups excluding carboxylic acids is 3. The number of aliphatic hydroxyl groups is 1. The Morgan fingerprint density at radius 2 is 1.93 bits per heavy atom. The van der Waals surface area contributed by atoms with Crippen molar-refractivity contribution in [2.24, 2.45) is 34.0 Å². The first-order chi connectivity index (χ1) is 13.9. The van der Waals surface area contributed by atoms with Gasteiger partial charge in [0.05, 0.1) is 17.4 Å². The molecule has 164 valence electrons. The lowest BCUT2D eigenvalue weighted by molar-refractivity contribution is -0.259. The Kier molecular flexibility index (Phi) is 4.48. The predicted molar refractivity (Wildman–Crippen MR) is 102 cm³/mol. The van der Waals surface area contributed by atoms with Crippen LogP contribution in [0.25, 0.3) is 0 Å². The number of carboxylic acid groups (broad SMARTS) is 1. The molecule has 3 saturated carbocycles. The fourth-order valence-corrected chi connectivity index (χ4v) is 7.17. The van der Waals surface area contributed by atoms with Crippen LogP contribution in [0.1, 0.15) is 46.5 Å². The van der Waals surface area contributed by atoms with Crippen LogP contribution in [0.2, 0.25) is 0 Å². The quantitative estimate of drug-likeness (QED) is 0.391. The third-order valence-electron chi connectivity index (χ3n) is 8.12. The smallest absolute Gasteiger partial charge is 0.320 e. The third kappa shape index (κ3) is 2.43. The zero-order valence-electron chi connectivity index (χ0n) is 17.5. The van der Waals surface area contributed by atoms with Gasteiger partial charge in [0, 0.05) is 12.8 Å². The van der Waals surface area contributed by atoms with Gasteiger partial charge in [0.2, 0.25) is 0 Å². The van der Waals surface area contributed by atoms with Gasteiger partial charge in [-0.05, 0) is 42.6 Å². The number of Topliss-reactive ketones (excluding diaryl/α,β-unsaturated/α-hetero) is 1. The van der Waals surface area contributed by atoms with Crippen LogP contribution in [-0.2, 0) is 28.7 Å². The van der Waals surface area contributed by atoms with Gasteiger partial charge in [-0.1, -0.05) is 20.4 Å². The molecule has 4 fully saturated rings. The van der Waals surface area contributed by atoms with Crippen molar-refractivity contribution < 1.29 is 38.9 Å². The van der Waals surface area contributed by atoms with Crippen LogP contribution in [-0.4, -0.2) is 52.7 Å². The highest BCUT2D eigenvalue weighted by Gasteiger charge is 2.77. The molecular formula is C22H28O8. The lowest BCUT2D eigenvalue weighted by Crippen LogP contribution is -2.72. The van der Waals surface area contributed by atoms with E-state index in [1.807, 2.05) is 13.8 Å². The van der Waals surface area contributed by atoms with Gasteiger partial charge in [0.15, 0.2) is 5.78 Å². The molecule has 0 amide bonds. The minimum Gasteiger partial charge on any atom is -0.481 e. The summed E-state index contributed by atoms with van der Waals surface area (Å²) < 4.78 is 11.2. The molecule has 0 unspecified atom stereocenters. The molecule has 4 rings (SSSR count). The lowest BCUT2D eigenvalue weighted by atomic mass is 9.43. The number of cyclic esters (lactones) is 1. The molecule has 2 bridgehead atoms. The second kappa shape index (κ2) is 6.39. The molecule has 30 heavy (non-hydrogen) atoms. The molecule has 7 atom stereocenters. The van der Waals surface area contributed by atoms with E-state index in [1.54, 1.807) is 0 Å². The van der Waals surface area contributed by atoms with E-state index >= 15 is 0 Å². The van der Waals surface area contributed by atoms with Crippen LogP contribution in [0.5, 0.6) is 0 Å². The number of rotatable bonds is 2. The number of hydrogen-bond acceptors (Lipinski definition) is 7. The zero-order chi connectivity index (χ0) is 22.2. The van der Waals surface area contributed by atoms with Gasteiger partial charge in [-0.3, -0.25) is 19.2 Å². The molecule has 0 aromatic heterocycles. The van der Waals surface area contributed by atoms with Crippen LogP contribution >= 0.6 is 0 Å². The Bertz CT molecular complexity index is 859. The molecule has 8 heteroatoms. The molecule has 2 spiro atoms. The summed E-state index contributed by atoms with van der Waals surface area (Å²) in [6.07, 6.45) is -0.832. The SMILES string of the molecule is C=C1C(=O)[C@]23C[C@H]1C[C@H](O)[C@H]2[C@]1(COC3=O)[C@@H](OC(C)=O)CCC(C)(C)[C@H]1C(=O)O. The second-order valence-corrected chi connectivity index (χ2v) is 10.1. The molecule has 3 aliphatic carbocycles. The normalized spacial score (nSPS) is 44.4. The van der Waals surface area contributed by atoms with Crippen LogP contribution in [0.3, 0.4) is 0 Å². The van der Waals surface area contributed by atoms with Crippen molar-refractivity contribution >= 4 is 23.7 Å². The van der Waals surface area contributed by atoms with Gasteiger partial charge in [-0.15, -0.1) is 0 Å². The maximum Gasteiger partial charge on any atom is 0.320 e. The van der Waals surface area contributed by atoms with E-state index in [4.69, 9.17) is 9.47 Å². The Balaban J connectivity index is 1.99. The summed E-state index contributed by atoms with van der Waals surface area (Å²) >= 11 is 0. The number of aliphatic carboxylic acids is 1. The summed E-state index contributed by atoms with van der Waals surface area (Å²) in [5, 5.41) is 21.5. The van der Waals surface area contributed by atoms with Crippen LogP contribution in [0, 0.1) is 34.0 Å². The minimum absolute atomic E-state index is 0.145. The highest BCUT2D eigenvalue weighted by molar-refractivity contribution is 6.15. The summed E-state index contributed by atoms with van der Waals surface area (Å²) in [7, 11) is 0. The standard InChI is InChI=1S/C22H28O8/c1-10-12-7-13(24)15-21(8-12,17(10)25)19(28)29-9-22(15)14(30-11(2)23)5-6-20(3,4)16(22)18(26)27/h12-16,24H,1,5-9H2,2-4H3,(H,26,27)/t12-,13+,14+,15-,16-,21+,22+/m1/s1. The number of ketones is 1. The summed E-state index contributed by atoms with van der Waals surface area (Å²) in [6.45, 7) is 8.39. The van der Waals surface area contributed by atoms with Crippen molar-refractivity contribution in [3.8, 4) is 0 Å². The molecule has 2 N–H and O–H groups in total. The summed E-state index contributed by atoms with van der Waals surface area (Å²) in [5.74, 6) is -5.39. The van der Waals surface area contributed by atoms with Crippen LogP contribution < -0.4 is 0 Å². The molecule has 0 aromatic rings. The number of carboxylic acids is 1. The fourth-order valence-electron chi connectivity index (χ4n) is 7.17. The third-order valence-corrected chi connectivity index (χ3v) is 8.12. The molecule has 4 aliphatic rings. The molecular weight excluding hydrogens is 392 g/mol. The lowest BCUT2D eigenvalue weighted by Gasteiger charge is -2.62. The van der Waals surface area contributed by atoms with Gasteiger partial charge in [-0.25, -0.2) is 0 Å². The van der Waals surface area contributed by atoms with Crippen molar-refractivity contribution in [2.45, 2.75) is 58.7 Å². The minimum atomic E-state index is -1.68. The summed E-state index contributed by atoms with van der Waals surface area (Å²) in [5.41, 5.74) is -3.56. The second-order valence-electron chi connectivity index (χ2n) is 10.1. The number of carbonyl (C=O) groups is 4. The van der Waals surface area contributed by atoms with Crippen molar-refractivity contribution in [1.29, 1.82) is 0 Å². The van der Waals surface area contributed by atoms with Gasteiger partial charge in [-0.2, -0.15) is 0 Å². The largest absolute Gasteiger partial charge is 0.481 e. The maximum atomic E-state index is 13.3. The Hall–Kier alpha value is -2.22. The molecule has 1 heterocycles. The first-order valence-corrected chi connectivity index (χ1v) is 10.4. The Morgan fingerprint density at radius 1 is 1.27 bits per heavy atom. The van der Waals surface area contributed by atoms with Gasteiger partial charge in [0.1, 0.15) is 18.1 Å². The van der Waals surface area contributed by atoms with E-state index < -0.39 is 64.0 Å². The Morgan fingerprint density at radius 3 is 2.53 bits per heavy atom. The van der Waals surface area contributed by atoms with Gasteiger partial charge >= 0.3 is 17.9 Å². The number of esters is 2. The van der Waals surface area contributed by atoms with Crippen LogP contribution in [0.15, 0.2) is 12.2 Å². The average Bonchev–Trinajstić information content (AvgIpc) is 2.82. The van der Waals surface area contributed by atoms with E-state index in [2.05, 4.69) is 6.58 Å². The first-order valence-electron chi connectivity index (χ1n) is 10.4. The summed E-state index contributed by atoms with van der Waals surface area (Å²) in [6, 6.07) is 0. The van der Waals surface area contributed by atoms with E-state index in [-0.39, 0.29) is 30.9 Å². The topological polar surface area (TPSA) is 127 Å². The van der Waals surface area contributed by atoms with E-state index in [9.17, 15) is 29.4 Å². The molecule has 1 aliphatic heterocycles. The van der Waals surface area contributed by atoms with Crippen molar-refractivity contribution in [3.05, 3.63) is 12.2 Å². The number of allylic oxidation sites excluding steroid dienone is 1. The highest BCUT2D eigenvalue weighted by Crippen LogP contribution is 2.68. The van der Waals surface area contributed by atoms with Crippen molar-refractivity contribution in [3.63, 3.8) is 0 Å². The maximum absolute atomic E-state index is 13.3. The van der Waals surface area contributed by atoms with Crippen molar-refractivity contribution in [1.82, 2.24) is 0 Å². The van der Waals surface area contributed by atoms with Crippen molar-refractivity contribution in [2.75, 3.05) is 6.61 Å². The first kappa shape index (κ1) is 21.0. The number of hydrogen-bond donors (Lipinski definition) is 2. The van der Waals surface area contributed by atoms with Crippen LogP contribution in [0.4, 0.5) is 0 Å². The number of fused-ring (bicyclic) bond motifs is 2. The highest BCUT2D eigenvalue weighted by atomic mass is 16.6. The zero-order valence-corrected chi connectivity index (χ0v) is 17.5. The van der Waals surface area contributed by atoms with Gasteiger partial charge in [0.25, 0.3) is 0 Å². The van der Waals surface area contributed by atoms with E-state index in [1.165, 1.54) is 6.92 Å².